The molecule has 0 aliphatic carbocycles. The first-order valence-corrected chi connectivity index (χ1v) is 7.30. The molecule has 3 rings (SSSR count). The maximum atomic E-state index is 12.0. The van der Waals surface area contributed by atoms with Gasteiger partial charge in [-0.25, -0.2) is 9.78 Å². The van der Waals surface area contributed by atoms with Gasteiger partial charge in [-0.3, -0.25) is 4.79 Å². The highest BCUT2D eigenvalue weighted by molar-refractivity contribution is 6.31. The van der Waals surface area contributed by atoms with Crippen molar-refractivity contribution in [1.29, 1.82) is 5.26 Å². The van der Waals surface area contributed by atoms with Gasteiger partial charge in [0.2, 0.25) is 0 Å². The lowest BCUT2D eigenvalue weighted by Gasteiger charge is -2.06. The van der Waals surface area contributed by atoms with Crippen LogP contribution in [0.3, 0.4) is 0 Å². The molecular formula is C17H10ClN3O3. The molecular weight excluding hydrogens is 330 g/mol. The van der Waals surface area contributed by atoms with E-state index in [0.29, 0.717) is 27.1 Å². The highest BCUT2D eigenvalue weighted by Gasteiger charge is 2.10. The van der Waals surface area contributed by atoms with Gasteiger partial charge < -0.3 is 9.72 Å². The molecule has 7 heteroatoms. The average Bonchev–Trinajstić information content (AvgIpc) is 2.59. The van der Waals surface area contributed by atoms with Crippen LogP contribution in [-0.2, 0) is 11.3 Å². The number of halogens is 1. The lowest BCUT2D eigenvalue weighted by atomic mass is 10.1. The number of carbonyl (C=O) groups excluding carboxylic acids is 1. The van der Waals surface area contributed by atoms with Gasteiger partial charge in [-0.1, -0.05) is 11.6 Å². The van der Waals surface area contributed by atoms with Crippen molar-refractivity contribution >= 4 is 28.5 Å². The van der Waals surface area contributed by atoms with Gasteiger partial charge in [0.05, 0.1) is 28.1 Å². The van der Waals surface area contributed by atoms with Crippen LogP contribution < -0.4 is 5.56 Å². The van der Waals surface area contributed by atoms with Gasteiger partial charge in [0, 0.05) is 5.02 Å². The molecule has 0 spiro atoms. The van der Waals surface area contributed by atoms with Crippen molar-refractivity contribution < 1.29 is 9.53 Å². The summed E-state index contributed by atoms with van der Waals surface area (Å²) in [6.45, 7) is -0.184. The quantitative estimate of drug-likeness (QED) is 0.740. The number of aromatic nitrogens is 2. The Bertz CT molecular complexity index is 1020. The summed E-state index contributed by atoms with van der Waals surface area (Å²) in [5.41, 5.74) is 0.848. The van der Waals surface area contributed by atoms with Crippen LogP contribution in [0.2, 0.25) is 5.02 Å². The number of carbonyl (C=O) groups is 1. The summed E-state index contributed by atoms with van der Waals surface area (Å²) < 4.78 is 5.13. The SMILES string of the molecule is N#Cc1ccc(C(=O)OCc2nc3cc(Cl)ccc3c(=O)[nH]2)cc1. The predicted octanol–water partition coefficient (Wildman–Crippen LogP) is 2.81. The number of nitrogens with zero attached hydrogens (tertiary/aromatic N) is 2. The molecule has 0 bridgehead atoms. The van der Waals surface area contributed by atoms with Crippen LogP contribution in [0.4, 0.5) is 0 Å². The minimum Gasteiger partial charge on any atom is -0.454 e. The summed E-state index contributed by atoms with van der Waals surface area (Å²) in [5.74, 6) is -0.356. The molecule has 2 aromatic carbocycles. The summed E-state index contributed by atoms with van der Waals surface area (Å²) >= 11 is 5.90. The van der Waals surface area contributed by atoms with E-state index in [2.05, 4.69) is 9.97 Å². The Morgan fingerprint density at radius 3 is 2.71 bits per heavy atom. The summed E-state index contributed by atoms with van der Waals surface area (Å²) in [6.07, 6.45) is 0. The lowest BCUT2D eigenvalue weighted by Crippen LogP contribution is -2.14. The fourth-order valence-corrected chi connectivity index (χ4v) is 2.29. The third kappa shape index (κ3) is 3.26. The number of aromatic amines is 1. The minimum atomic E-state index is -0.576. The van der Waals surface area contributed by atoms with Crippen LogP contribution in [0.1, 0.15) is 21.7 Å². The van der Waals surface area contributed by atoms with Gasteiger partial charge in [0.15, 0.2) is 0 Å². The molecule has 6 nitrogen and oxygen atoms in total. The minimum absolute atomic E-state index is 0.184. The van der Waals surface area contributed by atoms with Crippen molar-refractivity contribution in [2.75, 3.05) is 0 Å². The molecule has 118 valence electrons. The second-order valence-corrected chi connectivity index (χ2v) is 5.38. The van der Waals surface area contributed by atoms with E-state index in [1.54, 1.807) is 18.2 Å². The Kier molecular flexibility index (Phi) is 4.27. The van der Waals surface area contributed by atoms with Crippen molar-refractivity contribution in [1.82, 2.24) is 9.97 Å². The van der Waals surface area contributed by atoms with Crippen molar-refractivity contribution in [2.45, 2.75) is 6.61 Å². The predicted molar refractivity (Wildman–Crippen MR) is 87.7 cm³/mol. The number of rotatable bonds is 3. The lowest BCUT2D eigenvalue weighted by molar-refractivity contribution is 0.0462. The zero-order chi connectivity index (χ0) is 17.1. The Morgan fingerprint density at radius 1 is 1.25 bits per heavy atom. The molecule has 24 heavy (non-hydrogen) atoms. The van der Waals surface area contributed by atoms with Gasteiger partial charge in [0.1, 0.15) is 12.4 Å². The second kappa shape index (κ2) is 6.52. The van der Waals surface area contributed by atoms with Crippen LogP contribution in [-0.4, -0.2) is 15.9 Å². The third-order valence-corrected chi connectivity index (χ3v) is 3.54. The molecule has 0 aliphatic rings. The topological polar surface area (TPSA) is 95.8 Å². The average molecular weight is 340 g/mol. The maximum Gasteiger partial charge on any atom is 0.338 e. The fourth-order valence-electron chi connectivity index (χ4n) is 2.13. The molecule has 0 amide bonds. The highest BCUT2D eigenvalue weighted by Crippen LogP contribution is 2.15. The van der Waals surface area contributed by atoms with Gasteiger partial charge >= 0.3 is 5.97 Å². The Morgan fingerprint density at radius 2 is 2.00 bits per heavy atom. The van der Waals surface area contributed by atoms with Gasteiger partial charge in [-0.15, -0.1) is 0 Å². The fraction of sp³-hybridized carbons (Fsp3) is 0.0588. The molecule has 0 saturated carbocycles. The number of esters is 1. The molecule has 0 saturated heterocycles. The molecule has 0 fully saturated rings. The zero-order valence-electron chi connectivity index (χ0n) is 12.2. The van der Waals surface area contributed by atoms with Crippen LogP contribution in [0, 0.1) is 11.3 Å². The van der Waals surface area contributed by atoms with Crippen LogP contribution in [0.15, 0.2) is 47.3 Å². The van der Waals surface area contributed by atoms with Crippen LogP contribution in [0.25, 0.3) is 10.9 Å². The zero-order valence-corrected chi connectivity index (χ0v) is 13.0. The number of H-pyrrole nitrogens is 1. The summed E-state index contributed by atoms with van der Waals surface area (Å²) in [6, 6.07) is 12.8. The molecule has 0 radical (unpaired) electrons. The van der Waals surface area contributed by atoms with E-state index in [9.17, 15) is 9.59 Å². The van der Waals surface area contributed by atoms with Gasteiger partial charge in [-0.2, -0.15) is 5.26 Å². The molecule has 0 aliphatic heterocycles. The van der Waals surface area contributed by atoms with Crippen molar-refractivity contribution in [3.63, 3.8) is 0 Å². The van der Waals surface area contributed by atoms with Crippen molar-refractivity contribution in [3.05, 3.63) is 74.8 Å². The second-order valence-electron chi connectivity index (χ2n) is 4.94. The van der Waals surface area contributed by atoms with Gasteiger partial charge in [0.25, 0.3) is 5.56 Å². The van der Waals surface area contributed by atoms with E-state index >= 15 is 0 Å². The highest BCUT2D eigenvalue weighted by atomic mass is 35.5. The van der Waals surface area contributed by atoms with Gasteiger partial charge in [-0.05, 0) is 42.5 Å². The maximum absolute atomic E-state index is 12.0. The molecule has 0 atom stereocenters. The first kappa shape index (κ1) is 15.7. The molecule has 1 aromatic heterocycles. The Hall–Kier alpha value is -3.17. The molecule has 1 heterocycles. The number of benzene rings is 2. The molecule has 1 N–H and O–H groups in total. The monoisotopic (exact) mass is 339 g/mol. The standard InChI is InChI=1S/C17H10ClN3O3/c18-12-5-6-13-14(7-12)20-15(21-16(13)22)9-24-17(23)11-3-1-10(8-19)2-4-11/h1-7H,9H2,(H,20,21,22). The summed E-state index contributed by atoms with van der Waals surface area (Å²) in [4.78, 5) is 30.8. The summed E-state index contributed by atoms with van der Waals surface area (Å²) in [5, 5.41) is 9.60. The number of nitriles is 1. The normalized spacial score (nSPS) is 10.3. The van der Waals surface area contributed by atoms with E-state index in [1.165, 1.54) is 24.3 Å². The van der Waals surface area contributed by atoms with Crippen LogP contribution >= 0.6 is 11.6 Å². The Labute approximate surface area is 141 Å². The number of nitrogens with one attached hydrogen (secondary N) is 1. The number of hydrogen-bond acceptors (Lipinski definition) is 5. The van der Waals surface area contributed by atoms with E-state index < -0.39 is 5.97 Å². The van der Waals surface area contributed by atoms with Crippen LogP contribution in [0.5, 0.6) is 0 Å². The largest absolute Gasteiger partial charge is 0.454 e. The van der Waals surface area contributed by atoms with Crippen molar-refractivity contribution in [2.24, 2.45) is 0 Å². The summed E-state index contributed by atoms with van der Waals surface area (Å²) in [7, 11) is 0. The third-order valence-electron chi connectivity index (χ3n) is 3.31. The van der Waals surface area contributed by atoms with E-state index in [-0.39, 0.29) is 18.0 Å². The molecule has 3 aromatic rings. The number of hydrogen-bond donors (Lipinski definition) is 1. The first-order valence-electron chi connectivity index (χ1n) is 6.92. The Balaban J connectivity index is 1.78. The number of fused-ring (bicyclic) bond motifs is 1. The first-order chi connectivity index (χ1) is 11.6. The van der Waals surface area contributed by atoms with E-state index in [1.807, 2.05) is 6.07 Å². The molecule has 0 unspecified atom stereocenters. The smallest absolute Gasteiger partial charge is 0.338 e. The van der Waals surface area contributed by atoms with Crippen molar-refractivity contribution in [3.8, 4) is 6.07 Å². The number of ether oxygens (including phenoxy) is 1. The van der Waals surface area contributed by atoms with E-state index in [0.717, 1.165) is 0 Å². The van der Waals surface area contributed by atoms with E-state index in [4.69, 9.17) is 21.6 Å².